The topological polar surface area (TPSA) is 38.0 Å². The molecule has 1 aliphatic heterocycles. The van der Waals surface area contributed by atoms with Gasteiger partial charge in [0, 0.05) is 17.1 Å². The van der Waals surface area contributed by atoms with E-state index in [1.807, 2.05) is 12.1 Å². The Morgan fingerprint density at radius 2 is 2.33 bits per heavy atom. The minimum atomic E-state index is 0.193. The first kappa shape index (κ1) is 8.08. The smallest absolute Gasteiger partial charge is 0.0533 e. The molecule has 3 heteroatoms. The van der Waals surface area contributed by atoms with Crippen LogP contribution >= 0.6 is 15.9 Å². The second kappa shape index (κ2) is 3.07. The van der Waals surface area contributed by atoms with Crippen molar-refractivity contribution in [3.63, 3.8) is 0 Å². The first-order valence-electron chi connectivity index (χ1n) is 4.07. The lowest BCUT2D eigenvalue weighted by Gasteiger charge is -2.24. The van der Waals surface area contributed by atoms with E-state index in [1.54, 1.807) is 0 Å². The van der Waals surface area contributed by atoms with Crippen molar-refractivity contribution in [1.29, 1.82) is 0 Å². The van der Waals surface area contributed by atoms with Gasteiger partial charge in [0.25, 0.3) is 0 Å². The van der Waals surface area contributed by atoms with E-state index < -0.39 is 0 Å². The van der Waals surface area contributed by atoms with Gasteiger partial charge in [-0.1, -0.05) is 12.1 Å². The van der Waals surface area contributed by atoms with E-state index in [4.69, 9.17) is 5.73 Å². The molecule has 2 rings (SSSR count). The van der Waals surface area contributed by atoms with Crippen molar-refractivity contribution in [3.05, 3.63) is 28.2 Å². The summed E-state index contributed by atoms with van der Waals surface area (Å²) in [5.74, 6) is 0. The average molecular weight is 227 g/mol. The molecule has 1 atom stereocenters. The molecule has 0 amide bonds. The third-order valence-corrected chi connectivity index (χ3v) is 2.86. The van der Waals surface area contributed by atoms with Gasteiger partial charge in [-0.05, 0) is 34.0 Å². The minimum absolute atomic E-state index is 0.193. The fourth-order valence-electron chi connectivity index (χ4n) is 1.54. The average Bonchev–Trinajstić information content (AvgIpc) is 2.07. The van der Waals surface area contributed by atoms with Crippen LogP contribution in [0.3, 0.4) is 0 Å². The zero-order valence-corrected chi connectivity index (χ0v) is 8.26. The van der Waals surface area contributed by atoms with Crippen molar-refractivity contribution in [2.75, 3.05) is 11.9 Å². The maximum atomic E-state index is 5.95. The van der Waals surface area contributed by atoms with Crippen molar-refractivity contribution < 1.29 is 0 Å². The molecule has 1 unspecified atom stereocenters. The standard InChI is InChI=1S/C9H11BrN2/c10-7-3-1-2-6-8(11)4-5-12-9(6)7/h1-3,8,12H,4-5,11H2. The second-order valence-corrected chi connectivity index (χ2v) is 3.88. The highest BCUT2D eigenvalue weighted by Crippen LogP contribution is 2.33. The fourth-order valence-corrected chi connectivity index (χ4v) is 2.07. The summed E-state index contributed by atoms with van der Waals surface area (Å²) in [6.07, 6.45) is 1.02. The van der Waals surface area contributed by atoms with Crippen LogP contribution < -0.4 is 11.1 Å². The molecule has 3 N–H and O–H groups in total. The Labute approximate surface area is 80.3 Å². The number of hydrogen-bond donors (Lipinski definition) is 2. The molecule has 64 valence electrons. The molecule has 0 spiro atoms. The van der Waals surface area contributed by atoms with E-state index in [0.717, 1.165) is 23.1 Å². The van der Waals surface area contributed by atoms with Crippen LogP contribution in [0.4, 0.5) is 5.69 Å². The number of nitrogens with two attached hydrogens (primary N) is 1. The Morgan fingerprint density at radius 1 is 1.50 bits per heavy atom. The number of para-hydroxylation sites is 1. The van der Waals surface area contributed by atoms with Gasteiger partial charge in [-0.2, -0.15) is 0 Å². The van der Waals surface area contributed by atoms with Gasteiger partial charge in [0.05, 0.1) is 5.69 Å². The van der Waals surface area contributed by atoms with Gasteiger partial charge < -0.3 is 11.1 Å². The number of anilines is 1. The zero-order valence-electron chi connectivity index (χ0n) is 6.68. The second-order valence-electron chi connectivity index (χ2n) is 3.03. The molecule has 0 fully saturated rings. The normalized spacial score (nSPS) is 21.3. The highest BCUT2D eigenvalue weighted by atomic mass is 79.9. The molecule has 1 aromatic rings. The zero-order chi connectivity index (χ0) is 8.55. The minimum Gasteiger partial charge on any atom is -0.384 e. The van der Waals surface area contributed by atoms with Gasteiger partial charge in [-0.15, -0.1) is 0 Å². The van der Waals surface area contributed by atoms with Gasteiger partial charge >= 0.3 is 0 Å². The van der Waals surface area contributed by atoms with E-state index in [1.165, 1.54) is 5.56 Å². The van der Waals surface area contributed by atoms with Crippen LogP contribution in [-0.2, 0) is 0 Å². The molecule has 0 aromatic heterocycles. The monoisotopic (exact) mass is 226 g/mol. The first-order chi connectivity index (χ1) is 5.79. The van der Waals surface area contributed by atoms with Gasteiger partial charge in [-0.25, -0.2) is 0 Å². The predicted octanol–water partition coefficient (Wildman–Crippen LogP) is 2.26. The summed E-state index contributed by atoms with van der Waals surface area (Å²) in [4.78, 5) is 0. The van der Waals surface area contributed by atoms with E-state index in [9.17, 15) is 0 Å². The SMILES string of the molecule is NC1CCNc2c(Br)cccc21. The first-order valence-corrected chi connectivity index (χ1v) is 4.86. The molecule has 1 aromatic carbocycles. The van der Waals surface area contributed by atoms with Crippen LogP contribution in [0, 0.1) is 0 Å². The number of hydrogen-bond acceptors (Lipinski definition) is 2. The Hall–Kier alpha value is -0.540. The summed E-state index contributed by atoms with van der Waals surface area (Å²) in [5, 5.41) is 3.33. The molecular formula is C9H11BrN2. The van der Waals surface area contributed by atoms with Gasteiger partial charge in [-0.3, -0.25) is 0 Å². The van der Waals surface area contributed by atoms with Crippen LogP contribution in [-0.4, -0.2) is 6.54 Å². The van der Waals surface area contributed by atoms with Crippen molar-refractivity contribution in [1.82, 2.24) is 0 Å². The van der Waals surface area contributed by atoms with Crippen LogP contribution in [0.1, 0.15) is 18.0 Å². The molecule has 0 saturated heterocycles. The molecule has 2 nitrogen and oxygen atoms in total. The third-order valence-electron chi connectivity index (χ3n) is 2.20. The van der Waals surface area contributed by atoms with Crippen LogP contribution in [0.25, 0.3) is 0 Å². The molecule has 12 heavy (non-hydrogen) atoms. The molecule has 0 bridgehead atoms. The van der Waals surface area contributed by atoms with Crippen molar-refractivity contribution in [3.8, 4) is 0 Å². The maximum Gasteiger partial charge on any atom is 0.0533 e. The fraction of sp³-hybridized carbons (Fsp3) is 0.333. The van der Waals surface area contributed by atoms with E-state index >= 15 is 0 Å². The van der Waals surface area contributed by atoms with E-state index in [2.05, 4.69) is 27.3 Å². The Morgan fingerprint density at radius 3 is 3.08 bits per heavy atom. The van der Waals surface area contributed by atoms with Gasteiger partial charge in [0.15, 0.2) is 0 Å². The summed E-state index contributed by atoms with van der Waals surface area (Å²) in [6.45, 7) is 0.969. The third kappa shape index (κ3) is 1.23. The quantitative estimate of drug-likeness (QED) is 0.713. The number of fused-ring (bicyclic) bond motifs is 1. The summed E-state index contributed by atoms with van der Waals surface area (Å²) in [7, 11) is 0. The lowest BCUT2D eigenvalue weighted by Crippen LogP contribution is -2.22. The number of rotatable bonds is 0. The number of halogens is 1. The number of nitrogens with one attached hydrogen (secondary N) is 1. The van der Waals surface area contributed by atoms with Gasteiger partial charge in [0.2, 0.25) is 0 Å². The Bertz CT molecular complexity index is 299. The number of benzene rings is 1. The van der Waals surface area contributed by atoms with Crippen LogP contribution in [0.2, 0.25) is 0 Å². The predicted molar refractivity (Wildman–Crippen MR) is 54.2 cm³/mol. The molecule has 0 radical (unpaired) electrons. The highest BCUT2D eigenvalue weighted by molar-refractivity contribution is 9.10. The Kier molecular flexibility index (Phi) is 2.07. The van der Waals surface area contributed by atoms with Crippen LogP contribution in [0.5, 0.6) is 0 Å². The van der Waals surface area contributed by atoms with Crippen molar-refractivity contribution in [2.45, 2.75) is 12.5 Å². The maximum absolute atomic E-state index is 5.95. The van der Waals surface area contributed by atoms with Crippen LogP contribution in [0.15, 0.2) is 22.7 Å². The summed E-state index contributed by atoms with van der Waals surface area (Å²) < 4.78 is 1.11. The van der Waals surface area contributed by atoms with E-state index in [-0.39, 0.29) is 6.04 Å². The summed E-state index contributed by atoms with van der Waals surface area (Å²) in [5.41, 5.74) is 8.34. The Balaban J connectivity index is 2.52. The molecule has 0 saturated carbocycles. The molecule has 0 aliphatic carbocycles. The lowest BCUT2D eigenvalue weighted by atomic mass is 9.99. The largest absolute Gasteiger partial charge is 0.384 e. The lowest BCUT2D eigenvalue weighted by molar-refractivity contribution is 0.654. The summed E-state index contributed by atoms with van der Waals surface area (Å²) in [6, 6.07) is 6.33. The highest BCUT2D eigenvalue weighted by Gasteiger charge is 2.17. The van der Waals surface area contributed by atoms with Crippen molar-refractivity contribution >= 4 is 21.6 Å². The van der Waals surface area contributed by atoms with Crippen molar-refractivity contribution in [2.24, 2.45) is 5.73 Å². The van der Waals surface area contributed by atoms with Gasteiger partial charge in [0.1, 0.15) is 0 Å². The van der Waals surface area contributed by atoms with E-state index in [0.29, 0.717) is 0 Å². The molecule has 1 aliphatic rings. The molecule has 1 heterocycles. The summed E-state index contributed by atoms with van der Waals surface area (Å²) >= 11 is 3.49. The molecular weight excluding hydrogens is 216 g/mol.